The summed E-state index contributed by atoms with van der Waals surface area (Å²) in [4.78, 5) is 6.57. The molecule has 1 aromatic carbocycles. The Morgan fingerprint density at radius 3 is 2.89 bits per heavy atom. The molecule has 1 aliphatic heterocycles. The molecule has 3 aromatic rings. The van der Waals surface area contributed by atoms with E-state index in [4.69, 9.17) is 4.74 Å². The van der Waals surface area contributed by atoms with E-state index in [1.807, 2.05) is 23.2 Å². The van der Waals surface area contributed by atoms with Crippen LogP contribution in [0.1, 0.15) is 29.4 Å². The summed E-state index contributed by atoms with van der Waals surface area (Å²) in [5.41, 5.74) is 3.60. The maximum absolute atomic E-state index is 6.06. The molecule has 0 saturated carbocycles. The van der Waals surface area contributed by atoms with Crippen LogP contribution in [-0.2, 0) is 13.1 Å². The number of para-hydroxylation sites is 1. The van der Waals surface area contributed by atoms with Crippen molar-refractivity contribution in [3.63, 3.8) is 0 Å². The molecule has 142 valence electrons. The molecule has 0 radical (unpaired) electrons. The molecule has 27 heavy (non-hydrogen) atoms. The number of benzene rings is 1. The zero-order chi connectivity index (χ0) is 18.6. The minimum atomic E-state index is 0.466. The van der Waals surface area contributed by atoms with E-state index in [0.29, 0.717) is 12.6 Å². The van der Waals surface area contributed by atoms with E-state index in [1.165, 1.54) is 11.3 Å². The van der Waals surface area contributed by atoms with Crippen LogP contribution in [0.5, 0.6) is 5.75 Å². The lowest BCUT2D eigenvalue weighted by Crippen LogP contribution is -2.22. The third-order valence-electron chi connectivity index (χ3n) is 5.17. The Bertz CT molecular complexity index is 871. The van der Waals surface area contributed by atoms with E-state index < -0.39 is 0 Å². The van der Waals surface area contributed by atoms with Gasteiger partial charge in [0, 0.05) is 43.3 Å². The van der Waals surface area contributed by atoms with Crippen LogP contribution in [-0.4, -0.2) is 43.9 Å². The lowest BCUT2D eigenvalue weighted by atomic mass is 10.2. The second kappa shape index (κ2) is 7.96. The summed E-state index contributed by atoms with van der Waals surface area (Å²) in [5, 5.41) is 4.67. The van der Waals surface area contributed by atoms with Crippen molar-refractivity contribution in [2.75, 3.05) is 19.7 Å². The number of nitrogens with zero attached hydrogens (tertiary/aromatic N) is 5. The van der Waals surface area contributed by atoms with Gasteiger partial charge in [-0.2, -0.15) is 5.10 Å². The molecule has 1 saturated heterocycles. The maximum Gasteiger partial charge on any atom is 0.123 e. The third kappa shape index (κ3) is 4.22. The van der Waals surface area contributed by atoms with Gasteiger partial charge in [0.05, 0.1) is 24.6 Å². The van der Waals surface area contributed by atoms with Crippen LogP contribution in [0.25, 0.3) is 0 Å². The number of rotatable bonds is 7. The summed E-state index contributed by atoms with van der Waals surface area (Å²) in [7, 11) is 0. The maximum atomic E-state index is 6.06. The van der Waals surface area contributed by atoms with Gasteiger partial charge in [-0.15, -0.1) is 0 Å². The molecule has 3 heterocycles. The van der Waals surface area contributed by atoms with Gasteiger partial charge >= 0.3 is 0 Å². The molecular formula is C21H27N5O. The standard InChI is InChI=1S/C21H27N5O/c1-17-13-18(2)26(23-17)20-7-9-25(15-20)14-19-5-3-4-6-21(19)27-12-11-24-10-8-22-16-24/h3-6,8,10,13,16,20H,7,9,11-12,14-15H2,1-2H3. The van der Waals surface area contributed by atoms with Gasteiger partial charge in [0.15, 0.2) is 0 Å². The van der Waals surface area contributed by atoms with Crippen LogP contribution in [0.2, 0.25) is 0 Å². The van der Waals surface area contributed by atoms with Gasteiger partial charge in [-0.05, 0) is 32.4 Å². The number of hydrogen-bond donors (Lipinski definition) is 0. The fraction of sp³-hybridized carbons (Fsp3) is 0.429. The molecule has 4 rings (SSSR count). The van der Waals surface area contributed by atoms with E-state index in [2.05, 4.69) is 57.8 Å². The van der Waals surface area contributed by atoms with Gasteiger partial charge in [0.1, 0.15) is 12.4 Å². The highest BCUT2D eigenvalue weighted by molar-refractivity contribution is 5.33. The highest BCUT2D eigenvalue weighted by atomic mass is 16.5. The first-order valence-electron chi connectivity index (χ1n) is 9.60. The molecule has 0 amide bonds. The van der Waals surface area contributed by atoms with Gasteiger partial charge in [-0.25, -0.2) is 4.98 Å². The van der Waals surface area contributed by atoms with Crippen molar-refractivity contribution in [2.45, 2.75) is 39.4 Å². The smallest absolute Gasteiger partial charge is 0.123 e. The van der Waals surface area contributed by atoms with Gasteiger partial charge in [0.25, 0.3) is 0 Å². The Morgan fingerprint density at radius 1 is 1.22 bits per heavy atom. The summed E-state index contributed by atoms with van der Waals surface area (Å²) in [6.45, 7) is 8.69. The van der Waals surface area contributed by atoms with Crippen LogP contribution >= 0.6 is 0 Å². The number of likely N-dealkylation sites (tertiary alicyclic amines) is 1. The molecule has 1 unspecified atom stereocenters. The average molecular weight is 365 g/mol. The lowest BCUT2D eigenvalue weighted by molar-refractivity contribution is 0.277. The molecule has 6 nitrogen and oxygen atoms in total. The number of hydrogen-bond acceptors (Lipinski definition) is 4. The molecule has 0 aliphatic carbocycles. The zero-order valence-electron chi connectivity index (χ0n) is 16.1. The van der Waals surface area contributed by atoms with Crippen LogP contribution < -0.4 is 4.74 Å². The molecule has 1 atom stereocenters. The number of ether oxygens (including phenoxy) is 1. The fourth-order valence-electron chi connectivity index (χ4n) is 3.87. The SMILES string of the molecule is Cc1cc(C)n(C2CCN(Cc3ccccc3OCCn3ccnc3)C2)n1. The van der Waals surface area contributed by atoms with E-state index in [1.54, 1.807) is 6.20 Å². The number of aromatic nitrogens is 4. The quantitative estimate of drug-likeness (QED) is 0.645. The highest BCUT2D eigenvalue weighted by Gasteiger charge is 2.26. The molecule has 2 aromatic heterocycles. The van der Waals surface area contributed by atoms with Crippen molar-refractivity contribution in [2.24, 2.45) is 0 Å². The Balaban J connectivity index is 1.36. The third-order valence-corrected chi connectivity index (χ3v) is 5.17. The Labute approximate surface area is 160 Å². The van der Waals surface area contributed by atoms with Crippen molar-refractivity contribution in [3.8, 4) is 5.75 Å². The monoisotopic (exact) mass is 365 g/mol. The van der Waals surface area contributed by atoms with E-state index in [-0.39, 0.29) is 0 Å². The zero-order valence-corrected chi connectivity index (χ0v) is 16.1. The normalized spacial score (nSPS) is 17.5. The molecule has 1 aliphatic rings. The summed E-state index contributed by atoms with van der Waals surface area (Å²) >= 11 is 0. The Kier molecular flexibility index (Phi) is 5.25. The number of aryl methyl sites for hydroxylation is 2. The second-order valence-electron chi connectivity index (χ2n) is 7.31. The topological polar surface area (TPSA) is 48.1 Å². The summed E-state index contributed by atoms with van der Waals surface area (Å²) in [6, 6.07) is 11.0. The first kappa shape index (κ1) is 17.8. The molecule has 0 bridgehead atoms. The molecule has 6 heteroatoms. The molecule has 1 fully saturated rings. The highest BCUT2D eigenvalue weighted by Crippen LogP contribution is 2.27. The van der Waals surface area contributed by atoms with Gasteiger partial charge in [-0.1, -0.05) is 18.2 Å². The van der Waals surface area contributed by atoms with Gasteiger partial charge < -0.3 is 9.30 Å². The second-order valence-corrected chi connectivity index (χ2v) is 7.31. The van der Waals surface area contributed by atoms with Crippen molar-refractivity contribution in [1.29, 1.82) is 0 Å². The van der Waals surface area contributed by atoms with Crippen LogP contribution in [0.15, 0.2) is 49.1 Å². The Morgan fingerprint density at radius 2 is 2.11 bits per heavy atom. The average Bonchev–Trinajstić information content (AvgIpc) is 3.38. The first-order chi connectivity index (χ1) is 13.2. The first-order valence-corrected chi connectivity index (χ1v) is 9.60. The van der Waals surface area contributed by atoms with Crippen molar-refractivity contribution >= 4 is 0 Å². The van der Waals surface area contributed by atoms with E-state index in [9.17, 15) is 0 Å². The van der Waals surface area contributed by atoms with Crippen molar-refractivity contribution in [1.82, 2.24) is 24.2 Å². The lowest BCUT2D eigenvalue weighted by Gasteiger charge is -2.19. The molecule has 0 N–H and O–H groups in total. The number of imidazole rings is 1. The summed E-state index contributed by atoms with van der Waals surface area (Å²) in [5.74, 6) is 0.979. The summed E-state index contributed by atoms with van der Waals surface area (Å²) < 4.78 is 10.3. The van der Waals surface area contributed by atoms with Crippen LogP contribution in [0.3, 0.4) is 0 Å². The van der Waals surface area contributed by atoms with Crippen LogP contribution in [0.4, 0.5) is 0 Å². The summed E-state index contributed by atoms with van der Waals surface area (Å²) in [6.07, 6.45) is 6.71. The molecular weight excluding hydrogens is 338 g/mol. The Hall–Kier alpha value is -2.60. The van der Waals surface area contributed by atoms with Crippen molar-refractivity contribution in [3.05, 3.63) is 66.0 Å². The predicted octanol–water partition coefficient (Wildman–Crippen LogP) is 3.22. The largest absolute Gasteiger partial charge is 0.491 e. The van der Waals surface area contributed by atoms with E-state index in [0.717, 1.165) is 44.0 Å². The fourth-order valence-corrected chi connectivity index (χ4v) is 3.87. The minimum Gasteiger partial charge on any atom is -0.491 e. The van der Waals surface area contributed by atoms with Crippen molar-refractivity contribution < 1.29 is 4.74 Å². The predicted molar refractivity (Wildman–Crippen MR) is 105 cm³/mol. The van der Waals surface area contributed by atoms with Gasteiger partial charge in [0.2, 0.25) is 0 Å². The molecule has 0 spiro atoms. The van der Waals surface area contributed by atoms with Gasteiger partial charge in [-0.3, -0.25) is 9.58 Å². The van der Waals surface area contributed by atoms with E-state index >= 15 is 0 Å². The minimum absolute atomic E-state index is 0.466. The van der Waals surface area contributed by atoms with Crippen LogP contribution in [0, 0.1) is 13.8 Å².